The highest BCUT2D eigenvalue weighted by atomic mass is 32.1. The van der Waals surface area contributed by atoms with E-state index in [4.69, 9.17) is 0 Å². The number of hydrogen-bond acceptors (Lipinski definition) is 5. The van der Waals surface area contributed by atoms with Gasteiger partial charge in [-0.25, -0.2) is 0 Å². The van der Waals surface area contributed by atoms with Crippen molar-refractivity contribution in [3.8, 4) is 0 Å². The van der Waals surface area contributed by atoms with Crippen LogP contribution in [0.2, 0.25) is 0 Å². The summed E-state index contributed by atoms with van der Waals surface area (Å²) in [5.74, 6) is 0.818. The monoisotopic (exact) mass is 209 g/mol. The second-order valence-electron chi connectivity index (χ2n) is 3.03. The normalized spacial score (nSPS) is 10.4. The molecule has 0 aliphatic carbocycles. The Hall–Kier alpha value is -1.43. The maximum absolute atomic E-state index is 4.16. The van der Waals surface area contributed by atoms with Crippen molar-refractivity contribution in [3.05, 3.63) is 23.7 Å². The molecule has 0 aliphatic heterocycles. The van der Waals surface area contributed by atoms with Crippen LogP contribution in [0.15, 0.2) is 12.4 Å². The molecule has 14 heavy (non-hydrogen) atoms. The summed E-state index contributed by atoms with van der Waals surface area (Å²) in [6, 6.07) is 0. The zero-order valence-electron chi connectivity index (χ0n) is 8.06. The molecule has 0 atom stereocenters. The van der Waals surface area contributed by atoms with Gasteiger partial charge in [0.1, 0.15) is 0 Å². The van der Waals surface area contributed by atoms with Gasteiger partial charge in [-0.3, -0.25) is 4.68 Å². The molecule has 2 aromatic heterocycles. The summed E-state index contributed by atoms with van der Waals surface area (Å²) < 4.78 is 9.83. The summed E-state index contributed by atoms with van der Waals surface area (Å²) >= 11 is 1.20. The fraction of sp³-hybridized carbons (Fsp3) is 0.375. The van der Waals surface area contributed by atoms with Gasteiger partial charge in [-0.05, 0) is 6.92 Å². The van der Waals surface area contributed by atoms with Crippen molar-refractivity contribution in [2.45, 2.75) is 13.5 Å². The van der Waals surface area contributed by atoms with Gasteiger partial charge in [0.25, 0.3) is 0 Å². The summed E-state index contributed by atoms with van der Waals surface area (Å²) in [4.78, 5) is 0. The van der Waals surface area contributed by atoms with Crippen molar-refractivity contribution in [2.75, 3.05) is 5.32 Å². The second-order valence-corrected chi connectivity index (χ2v) is 3.58. The molecule has 2 aromatic rings. The summed E-state index contributed by atoms with van der Waals surface area (Å²) in [5.41, 5.74) is 2.35. The quantitative estimate of drug-likeness (QED) is 0.825. The first-order chi connectivity index (χ1) is 6.77. The van der Waals surface area contributed by atoms with E-state index in [0.29, 0.717) is 0 Å². The Morgan fingerprint density at radius 1 is 1.50 bits per heavy atom. The van der Waals surface area contributed by atoms with E-state index in [2.05, 4.69) is 19.2 Å². The van der Waals surface area contributed by atoms with Gasteiger partial charge in [0.15, 0.2) is 5.82 Å². The SMILES string of the molecule is Cc1c(CNc2cnsn2)cnn1C. The molecule has 0 saturated heterocycles. The summed E-state index contributed by atoms with van der Waals surface area (Å²) in [6.45, 7) is 2.79. The van der Waals surface area contributed by atoms with Gasteiger partial charge in [-0.2, -0.15) is 13.8 Å². The molecule has 0 saturated carbocycles. The van der Waals surface area contributed by atoms with Crippen LogP contribution < -0.4 is 5.32 Å². The average Bonchev–Trinajstić information content (AvgIpc) is 2.77. The molecule has 2 heterocycles. The molecule has 6 heteroatoms. The molecule has 0 amide bonds. The van der Waals surface area contributed by atoms with Crippen molar-refractivity contribution in [2.24, 2.45) is 7.05 Å². The number of nitrogens with one attached hydrogen (secondary N) is 1. The standard InChI is InChI=1S/C8H11N5S/c1-6-7(4-10-13(6)2)3-9-8-5-11-14-12-8/h4-5H,3H2,1-2H3,(H,9,12). The molecule has 1 N–H and O–H groups in total. The van der Waals surface area contributed by atoms with Crippen LogP contribution in [-0.4, -0.2) is 18.5 Å². The molecule has 5 nitrogen and oxygen atoms in total. The van der Waals surface area contributed by atoms with Crippen molar-refractivity contribution in [3.63, 3.8) is 0 Å². The van der Waals surface area contributed by atoms with Crippen LogP contribution in [0.5, 0.6) is 0 Å². The van der Waals surface area contributed by atoms with Crippen LogP contribution in [0.25, 0.3) is 0 Å². The molecule has 0 radical (unpaired) electrons. The molecule has 0 aliphatic rings. The molecule has 0 spiro atoms. The van der Waals surface area contributed by atoms with Crippen LogP contribution in [-0.2, 0) is 13.6 Å². The van der Waals surface area contributed by atoms with Gasteiger partial charge in [0.05, 0.1) is 24.1 Å². The van der Waals surface area contributed by atoms with Crippen LogP contribution in [0.3, 0.4) is 0 Å². The van der Waals surface area contributed by atoms with E-state index in [1.165, 1.54) is 23.0 Å². The molecule has 74 valence electrons. The lowest BCUT2D eigenvalue weighted by Gasteiger charge is -2.01. The van der Waals surface area contributed by atoms with E-state index in [1.54, 1.807) is 6.20 Å². The minimum atomic E-state index is 0.741. The Labute approximate surface area is 86.1 Å². The molecule has 2 rings (SSSR count). The fourth-order valence-electron chi connectivity index (χ4n) is 1.15. The summed E-state index contributed by atoms with van der Waals surface area (Å²) in [6.07, 6.45) is 3.58. The van der Waals surface area contributed by atoms with E-state index in [1.807, 2.05) is 24.9 Å². The first-order valence-corrected chi connectivity index (χ1v) is 4.99. The van der Waals surface area contributed by atoms with E-state index in [0.717, 1.165) is 12.4 Å². The van der Waals surface area contributed by atoms with Gasteiger partial charge >= 0.3 is 0 Å². The lowest BCUT2D eigenvalue weighted by Crippen LogP contribution is -2.01. The zero-order valence-corrected chi connectivity index (χ0v) is 8.88. The molecule has 0 unspecified atom stereocenters. The topological polar surface area (TPSA) is 55.6 Å². The Kier molecular flexibility index (Phi) is 2.45. The number of hydrogen-bond donors (Lipinski definition) is 1. The lowest BCUT2D eigenvalue weighted by molar-refractivity contribution is 0.738. The summed E-state index contributed by atoms with van der Waals surface area (Å²) in [7, 11) is 1.93. The highest BCUT2D eigenvalue weighted by molar-refractivity contribution is 6.99. The van der Waals surface area contributed by atoms with E-state index in [-0.39, 0.29) is 0 Å². The minimum absolute atomic E-state index is 0.741. The number of aryl methyl sites for hydroxylation is 1. The van der Waals surface area contributed by atoms with Gasteiger partial charge in [-0.1, -0.05) is 0 Å². The van der Waals surface area contributed by atoms with E-state index in [9.17, 15) is 0 Å². The number of anilines is 1. The van der Waals surface area contributed by atoms with Gasteiger partial charge in [0.2, 0.25) is 0 Å². The summed E-state index contributed by atoms with van der Waals surface area (Å²) in [5, 5.41) is 7.34. The largest absolute Gasteiger partial charge is 0.364 e. The highest BCUT2D eigenvalue weighted by Gasteiger charge is 2.03. The maximum atomic E-state index is 4.16. The van der Waals surface area contributed by atoms with Crippen LogP contribution in [0.4, 0.5) is 5.82 Å². The Morgan fingerprint density at radius 2 is 2.36 bits per heavy atom. The Balaban J connectivity index is 2.02. The van der Waals surface area contributed by atoms with Crippen molar-refractivity contribution >= 4 is 17.5 Å². The molecule has 0 aromatic carbocycles. The number of aromatic nitrogens is 4. The fourth-order valence-corrected chi connectivity index (χ4v) is 1.54. The number of nitrogens with zero attached hydrogens (tertiary/aromatic N) is 4. The second kappa shape index (κ2) is 3.75. The van der Waals surface area contributed by atoms with Gasteiger partial charge in [0, 0.05) is 24.8 Å². The molecular weight excluding hydrogens is 198 g/mol. The van der Waals surface area contributed by atoms with Gasteiger partial charge in [-0.15, -0.1) is 0 Å². The van der Waals surface area contributed by atoms with E-state index >= 15 is 0 Å². The first kappa shape index (κ1) is 9.14. The lowest BCUT2D eigenvalue weighted by atomic mass is 10.2. The van der Waals surface area contributed by atoms with Crippen LogP contribution >= 0.6 is 11.7 Å². The smallest absolute Gasteiger partial charge is 0.160 e. The first-order valence-electron chi connectivity index (χ1n) is 4.26. The Bertz CT molecular complexity index is 405. The zero-order chi connectivity index (χ0) is 9.97. The van der Waals surface area contributed by atoms with Crippen LogP contribution in [0.1, 0.15) is 11.3 Å². The molecule has 0 fully saturated rings. The van der Waals surface area contributed by atoms with Crippen molar-refractivity contribution in [1.82, 2.24) is 18.5 Å². The molecular formula is C8H11N5S. The maximum Gasteiger partial charge on any atom is 0.160 e. The van der Waals surface area contributed by atoms with Crippen molar-refractivity contribution in [1.29, 1.82) is 0 Å². The predicted octanol–water partition coefficient (Wildman–Crippen LogP) is 1.19. The van der Waals surface area contributed by atoms with Crippen LogP contribution in [0, 0.1) is 6.92 Å². The third-order valence-corrected chi connectivity index (χ3v) is 2.64. The third-order valence-electron chi connectivity index (χ3n) is 2.16. The van der Waals surface area contributed by atoms with Gasteiger partial charge < -0.3 is 5.32 Å². The highest BCUT2D eigenvalue weighted by Crippen LogP contribution is 2.09. The third kappa shape index (κ3) is 1.74. The Morgan fingerprint density at radius 3 is 2.93 bits per heavy atom. The van der Waals surface area contributed by atoms with E-state index < -0.39 is 0 Å². The van der Waals surface area contributed by atoms with Crippen molar-refractivity contribution < 1.29 is 0 Å². The average molecular weight is 209 g/mol. The minimum Gasteiger partial charge on any atom is -0.364 e. The predicted molar refractivity (Wildman–Crippen MR) is 55.2 cm³/mol. The number of rotatable bonds is 3. The molecule has 0 bridgehead atoms.